The van der Waals surface area contributed by atoms with Crippen molar-refractivity contribution in [2.75, 3.05) is 6.61 Å². The van der Waals surface area contributed by atoms with Crippen molar-refractivity contribution in [2.24, 2.45) is 5.10 Å². The zero-order valence-corrected chi connectivity index (χ0v) is 24.0. The second kappa shape index (κ2) is 12.8. The van der Waals surface area contributed by atoms with Crippen LogP contribution in [0.5, 0.6) is 11.5 Å². The Hall–Kier alpha value is -4.46. The number of fused-ring (bicyclic) bond motifs is 1. The summed E-state index contributed by atoms with van der Waals surface area (Å²) in [6.07, 6.45) is 1.50. The third-order valence-corrected chi connectivity index (χ3v) is 7.26. The maximum absolute atomic E-state index is 13.3. The molecule has 0 heterocycles. The fourth-order valence-electron chi connectivity index (χ4n) is 4.67. The first-order chi connectivity index (χ1) is 20.0. The molecular formula is C34H29BrN2O4. The number of ether oxygens (including phenoxy) is 2. The first-order valence-corrected chi connectivity index (χ1v) is 14.0. The lowest BCUT2D eigenvalue weighted by molar-refractivity contribution is -0.136. The molecule has 0 aliphatic rings. The van der Waals surface area contributed by atoms with Crippen LogP contribution >= 0.6 is 15.9 Å². The molecule has 0 spiro atoms. The molecule has 0 atom stereocenters. The summed E-state index contributed by atoms with van der Waals surface area (Å²) in [6.45, 7) is 2.70. The largest absolute Gasteiger partial charge is 0.490 e. The quantitative estimate of drug-likeness (QED) is 0.133. The lowest BCUT2D eigenvalue weighted by Gasteiger charge is -2.27. The Labute approximate surface area is 247 Å². The summed E-state index contributed by atoms with van der Waals surface area (Å²) in [5, 5.41) is 18.0. The van der Waals surface area contributed by atoms with E-state index in [0.29, 0.717) is 45.9 Å². The van der Waals surface area contributed by atoms with Crippen LogP contribution in [0.2, 0.25) is 0 Å². The van der Waals surface area contributed by atoms with Crippen molar-refractivity contribution in [1.29, 1.82) is 0 Å². The van der Waals surface area contributed by atoms with Crippen LogP contribution in [0.1, 0.15) is 29.2 Å². The molecule has 1 amide bonds. The van der Waals surface area contributed by atoms with Gasteiger partial charge in [0.05, 0.1) is 17.3 Å². The highest BCUT2D eigenvalue weighted by Gasteiger charge is 2.39. The van der Waals surface area contributed by atoms with Gasteiger partial charge in [-0.3, -0.25) is 4.79 Å². The number of halogens is 1. The number of carbonyl (C=O) groups is 1. The van der Waals surface area contributed by atoms with Gasteiger partial charge in [0.15, 0.2) is 17.1 Å². The number of nitrogens with zero attached hydrogens (tertiary/aromatic N) is 1. The molecule has 5 aromatic rings. The van der Waals surface area contributed by atoms with E-state index in [-0.39, 0.29) is 0 Å². The van der Waals surface area contributed by atoms with E-state index in [4.69, 9.17) is 9.47 Å². The van der Waals surface area contributed by atoms with Crippen LogP contribution in [0.4, 0.5) is 0 Å². The fraction of sp³-hybridized carbons (Fsp3) is 0.118. The third-order valence-electron chi connectivity index (χ3n) is 6.68. The molecule has 0 aromatic heterocycles. The van der Waals surface area contributed by atoms with Gasteiger partial charge in [-0.25, -0.2) is 5.43 Å². The van der Waals surface area contributed by atoms with E-state index in [9.17, 15) is 9.90 Å². The zero-order chi connectivity index (χ0) is 28.7. The van der Waals surface area contributed by atoms with Crippen molar-refractivity contribution in [1.82, 2.24) is 5.43 Å². The van der Waals surface area contributed by atoms with Crippen LogP contribution in [0, 0.1) is 0 Å². The summed E-state index contributed by atoms with van der Waals surface area (Å²) in [7, 11) is 0. The number of amides is 1. The molecule has 0 aliphatic heterocycles. The van der Waals surface area contributed by atoms with Gasteiger partial charge in [-0.05, 0) is 68.0 Å². The van der Waals surface area contributed by atoms with Gasteiger partial charge >= 0.3 is 0 Å². The van der Waals surface area contributed by atoms with Crippen molar-refractivity contribution >= 4 is 38.8 Å². The minimum Gasteiger partial charge on any atom is -0.490 e. The van der Waals surface area contributed by atoms with Crippen LogP contribution in [-0.4, -0.2) is 23.8 Å². The molecule has 5 aromatic carbocycles. The smallest absolute Gasteiger partial charge is 0.281 e. The molecule has 7 heteroatoms. The standard InChI is InChI=1S/C34H29BrN2O4/c1-2-40-31-21-24(20-30(35)32(31)41-23-26-14-11-13-25-12-9-10-19-29(25)26)22-36-37-33(38)34(39,27-15-5-3-6-16-27)28-17-7-4-8-18-28/h3-22,39H,2,23H2,1H3,(H,37,38)/b36-22-. The Morgan fingerprint density at radius 2 is 1.51 bits per heavy atom. The van der Waals surface area contributed by atoms with E-state index in [0.717, 1.165) is 16.3 Å². The third kappa shape index (κ3) is 6.16. The van der Waals surface area contributed by atoms with Crippen LogP contribution in [0.25, 0.3) is 10.8 Å². The highest BCUT2D eigenvalue weighted by atomic mass is 79.9. The van der Waals surface area contributed by atoms with Gasteiger partial charge in [0.1, 0.15) is 6.61 Å². The Kier molecular flexibility index (Phi) is 8.77. The van der Waals surface area contributed by atoms with Gasteiger partial charge in [-0.1, -0.05) is 103 Å². The maximum Gasteiger partial charge on any atom is 0.281 e. The Bertz CT molecular complexity index is 1630. The van der Waals surface area contributed by atoms with Crippen molar-refractivity contribution in [3.63, 3.8) is 0 Å². The average Bonchev–Trinajstić information content (AvgIpc) is 3.01. The number of aliphatic hydroxyl groups is 1. The molecule has 0 bridgehead atoms. The van der Waals surface area contributed by atoms with E-state index in [2.05, 4.69) is 44.7 Å². The van der Waals surface area contributed by atoms with Crippen molar-refractivity contribution < 1.29 is 19.4 Å². The van der Waals surface area contributed by atoms with Gasteiger partial charge in [-0.2, -0.15) is 5.10 Å². The first kappa shape index (κ1) is 28.1. The molecule has 0 saturated carbocycles. The summed E-state index contributed by atoms with van der Waals surface area (Å²) in [5.41, 5.74) is 3.20. The number of hydrazone groups is 1. The number of benzene rings is 5. The molecule has 0 fully saturated rings. The molecular weight excluding hydrogens is 580 g/mol. The molecule has 0 saturated heterocycles. The van der Waals surface area contributed by atoms with Crippen LogP contribution in [0.15, 0.2) is 125 Å². The molecule has 6 nitrogen and oxygen atoms in total. The summed E-state index contributed by atoms with van der Waals surface area (Å²) in [4.78, 5) is 13.3. The van der Waals surface area contributed by atoms with Gasteiger partial charge in [0.2, 0.25) is 0 Å². The van der Waals surface area contributed by atoms with E-state index in [1.165, 1.54) is 6.21 Å². The minimum absolute atomic E-state index is 0.362. The van der Waals surface area contributed by atoms with Crippen LogP contribution in [-0.2, 0) is 17.0 Å². The van der Waals surface area contributed by atoms with Crippen LogP contribution < -0.4 is 14.9 Å². The number of carbonyl (C=O) groups excluding carboxylic acids is 1. The lowest BCUT2D eigenvalue weighted by atomic mass is 9.85. The van der Waals surface area contributed by atoms with Gasteiger partial charge in [-0.15, -0.1) is 0 Å². The molecule has 2 N–H and O–H groups in total. The first-order valence-electron chi connectivity index (χ1n) is 13.2. The highest BCUT2D eigenvalue weighted by molar-refractivity contribution is 9.10. The van der Waals surface area contributed by atoms with Crippen LogP contribution in [0.3, 0.4) is 0 Å². The highest BCUT2D eigenvalue weighted by Crippen LogP contribution is 2.37. The van der Waals surface area contributed by atoms with E-state index < -0.39 is 11.5 Å². The molecule has 0 aliphatic carbocycles. The SMILES string of the molecule is CCOc1cc(/C=N\NC(=O)C(O)(c2ccccc2)c2ccccc2)cc(Br)c1OCc1cccc2ccccc12. The monoisotopic (exact) mass is 608 g/mol. The number of rotatable bonds is 10. The normalized spacial score (nSPS) is 11.5. The maximum atomic E-state index is 13.3. The molecule has 0 unspecified atom stereocenters. The minimum atomic E-state index is -1.92. The molecule has 5 rings (SSSR count). The van der Waals surface area contributed by atoms with E-state index in [1.54, 1.807) is 54.6 Å². The lowest BCUT2D eigenvalue weighted by Crippen LogP contribution is -2.43. The Balaban J connectivity index is 1.36. The fourth-order valence-corrected chi connectivity index (χ4v) is 5.24. The topological polar surface area (TPSA) is 80.2 Å². The number of hydrogen-bond acceptors (Lipinski definition) is 5. The molecule has 206 valence electrons. The number of hydrogen-bond donors (Lipinski definition) is 2. The summed E-state index contributed by atoms with van der Waals surface area (Å²) < 4.78 is 12.8. The van der Waals surface area contributed by atoms with Crippen molar-refractivity contribution in [3.8, 4) is 11.5 Å². The van der Waals surface area contributed by atoms with Crippen molar-refractivity contribution in [3.05, 3.63) is 142 Å². The summed E-state index contributed by atoms with van der Waals surface area (Å²) in [6, 6.07) is 35.5. The summed E-state index contributed by atoms with van der Waals surface area (Å²) >= 11 is 3.61. The van der Waals surface area contributed by atoms with Gasteiger partial charge < -0.3 is 14.6 Å². The second-order valence-electron chi connectivity index (χ2n) is 9.33. The zero-order valence-electron chi connectivity index (χ0n) is 22.5. The van der Waals surface area contributed by atoms with Crippen molar-refractivity contribution in [2.45, 2.75) is 19.1 Å². The van der Waals surface area contributed by atoms with E-state index >= 15 is 0 Å². The Morgan fingerprint density at radius 1 is 0.878 bits per heavy atom. The van der Waals surface area contributed by atoms with Gasteiger partial charge in [0, 0.05) is 0 Å². The predicted molar refractivity (Wildman–Crippen MR) is 165 cm³/mol. The average molecular weight is 610 g/mol. The Morgan fingerprint density at radius 3 is 2.20 bits per heavy atom. The second-order valence-corrected chi connectivity index (χ2v) is 10.2. The molecule has 41 heavy (non-hydrogen) atoms. The van der Waals surface area contributed by atoms with Gasteiger partial charge in [0.25, 0.3) is 5.91 Å². The predicted octanol–water partition coefficient (Wildman–Crippen LogP) is 6.97. The van der Waals surface area contributed by atoms with E-state index in [1.807, 2.05) is 49.4 Å². The number of nitrogens with one attached hydrogen (secondary N) is 1. The molecule has 0 radical (unpaired) electrons. The summed E-state index contributed by atoms with van der Waals surface area (Å²) in [5.74, 6) is 0.439.